The van der Waals surface area contributed by atoms with Crippen LogP contribution in [0.1, 0.15) is 40.6 Å². The van der Waals surface area contributed by atoms with Gasteiger partial charge in [0.05, 0.1) is 17.9 Å². The van der Waals surface area contributed by atoms with Crippen molar-refractivity contribution in [1.82, 2.24) is 0 Å². The molecule has 2 aromatic carbocycles. The highest BCUT2D eigenvalue weighted by Gasteiger charge is 2.45. The molecule has 6 heteroatoms. The van der Waals surface area contributed by atoms with Gasteiger partial charge in [0.15, 0.2) is 11.5 Å². The first-order valence-electron chi connectivity index (χ1n) is 10.8. The average molecular weight is 428 g/mol. The summed E-state index contributed by atoms with van der Waals surface area (Å²) in [6.45, 7) is 4.00. The molecule has 3 heterocycles. The normalized spacial score (nSPS) is 18.7. The second-order valence-electron chi connectivity index (χ2n) is 8.27. The largest absolute Gasteiger partial charge is 0.503 e. The van der Waals surface area contributed by atoms with Gasteiger partial charge in [-0.25, -0.2) is 0 Å². The molecule has 3 aromatic rings. The van der Waals surface area contributed by atoms with Crippen molar-refractivity contribution in [3.05, 3.63) is 95.1 Å². The van der Waals surface area contributed by atoms with Crippen LogP contribution in [0.15, 0.2) is 82.7 Å². The topological polar surface area (TPSA) is 74.0 Å². The Labute approximate surface area is 186 Å². The molecule has 0 spiro atoms. The number of carbonyl (C=O) groups excluding carboxylic acids is 2. The van der Waals surface area contributed by atoms with Crippen LogP contribution in [0, 0.1) is 6.92 Å². The fraction of sp³-hybridized carbons (Fsp3) is 0.231. The third-order valence-electron chi connectivity index (χ3n) is 6.15. The van der Waals surface area contributed by atoms with Gasteiger partial charge in [-0.1, -0.05) is 29.8 Å². The molecule has 1 saturated heterocycles. The maximum atomic E-state index is 13.2. The number of hydrogen-bond acceptors (Lipinski definition) is 5. The van der Waals surface area contributed by atoms with Crippen LogP contribution >= 0.6 is 0 Å². The molecule has 0 bridgehead atoms. The van der Waals surface area contributed by atoms with Crippen molar-refractivity contribution >= 4 is 23.1 Å². The number of aryl methyl sites for hydroxylation is 1. The molecular weight excluding hydrogens is 404 g/mol. The van der Waals surface area contributed by atoms with E-state index in [-0.39, 0.29) is 11.3 Å². The predicted molar refractivity (Wildman–Crippen MR) is 122 cm³/mol. The van der Waals surface area contributed by atoms with E-state index in [1.54, 1.807) is 6.07 Å². The monoisotopic (exact) mass is 428 g/mol. The van der Waals surface area contributed by atoms with Crippen LogP contribution in [0.25, 0.3) is 0 Å². The minimum absolute atomic E-state index is 0.0270. The van der Waals surface area contributed by atoms with Crippen LogP contribution in [0.4, 0.5) is 11.4 Å². The van der Waals surface area contributed by atoms with Crippen molar-refractivity contribution in [2.75, 3.05) is 22.9 Å². The molecule has 1 unspecified atom stereocenters. The Bertz CT molecular complexity index is 1190. The van der Waals surface area contributed by atoms with Gasteiger partial charge in [-0.2, -0.15) is 0 Å². The van der Waals surface area contributed by atoms with E-state index in [2.05, 4.69) is 4.90 Å². The highest BCUT2D eigenvalue weighted by molar-refractivity contribution is 6.20. The Kier molecular flexibility index (Phi) is 5.05. The third kappa shape index (κ3) is 3.38. The van der Waals surface area contributed by atoms with Crippen LogP contribution in [-0.4, -0.2) is 29.9 Å². The first kappa shape index (κ1) is 20.1. The van der Waals surface area contributed by atoms with Gasteiger partial charge in [-0.05, 0) is 61.7 Å². The Morgan fingerprint density at radius 2 is 1.72 bits per heavy atom. The Morgan fingerprint density at radius 3 is 2.38 bits per heavy atom. The molecule has 162 valence electrons. The van der Waals surface area contributed by atoms with Crippen LogP contribution in [0.3, 0.4) is 0 Å². The fourth-order valence-electron chi connectivity index (χ4n) is 4.60. The van der Waals surface area contributed by atoms with Gasteiger partial charge >= 0.3 is 0 Å². The molecule has 1 fully saturated rings. The molecule has 1 N–H and O–H groups in total. The molecule has 5 rings (SSSR count). The molecule has 6 nitrogen and oxygen atoms in total. The zero-order valence-electron chi connectivity index (χ0n) is 17.8. The van der Waals surface area contributed by atoms with E-state index in [1.165, 1.54) is 30.1 Å². The number of nitrogens with zero attached hydrogens (tertiary/aromatic N) is 2. The summed E-state index contributed by atoms with van der Waals surface area (Å²) in [5.74, 6) is -1.55. The molecule has 32 heavy (non-hydrogen) atoms. The number of rotatable bonds is 5. The number of aliphatic hydroxyl groups is 1. The summed E-state index contributed by atoms with van der Waals surface area (Å²) in [6, 6.07) is 17.8. The highest BCUT2D eigenvalue weighted by Crippen LogP contribution is 2.42. The molecule has 2 aliphatic rings. The Hall–Kier alpha value is -3.80. The second kappa shape index (κ2) is 8.04. The number of hydrogen-bond donors (Lipinski definition) is 1. The average Bonchev–Trinajstić information content (AvgIpc) is 3.56. The van der Waals surface area contributed by atoms with Gasteiger partial charge in [0.2, 0.25) is 5.78 Å². The van der Waals surface area contributed by atoms with Crippen molar-refractivity contribution < 1.29 is 19.1 Å². The van der Waals surface area contributed by atoms with Gasteiger partial charge in [-0.3, -0.25) is 14.5 Å². The number of anilines is 2. The van der Waals surface area contributed by atoms with E-state index in [9.17, 15) is 14.7 Å². The van der Waals surface area contributed by atoms with Gasteiger partial charge in [0.25, 0.3) is 5.91 Å². The van der Waals surface area contributed by atoms with E-state index < -0.39 is 23.5 Å². The van der Waals surface area contributed by atoms with Crippen molar-refractivity contribution in [1.29, 1.82) is 0 Å². The number of Topliss-reactive ketones (excluding diaryl/α,β-unsaturated/α-hetero) is 1. The van der Waals surface area contributed by atoms with Crippen LogP contribution in [0.5, 0.6) is 0 Å². The van der Waals surface area contributed by atoms with E-state index >= 15 is 0 Å². The summed E-state index contributed by atoms with van der Waals surface area (Å²) in [6.07, 6.45) is 3.76. The number of furan rings is 1. The summed E-state index contributed by atoms with van der Waals surface area (Å²) < 4.78 is 5.28. The zero-order chi connectivity index (χ0) is 22.2. The van der Waals surface area contributed by atoms with E-state index in [1.807, 2.05) is 55.5 Å². The van der Waals surface area contributed by atoms with Gasteiger partial charge in [0, 0.05) is 24.5 Å². The number of aliphatic hydroxyl groups excluding tert-OH is 1. The molecular formula is C26H24N2O4. The lowest BCUT2D eigenvalue weighted by Crippen LogP contribution is -2.31. The summed E-state index contributed by atoms with van der Waals surface area (Å²) in [4.78, 5) is 30.3. The maximum Gasteiger partial charge on any atom is 0.294 e. The van der Waals surface area contributed by atoms with Gasteiger partial charge in [0.1, 0.15) is 0 Å². The van der Waals surface area contributed by atoms with Crippen molar-refractivity contribution in [3.63, 3.8) is 0 Å². The van der Waals surface area contributed by atoms with Crippen LogP contribution < -0.4 is 9.80 Å². The number of amides is 1. The molecule has 2 aliphatic heterocycles. The molecule has 0 aliphatic carbocycles. The summed E-state index contributed by atoms with van der Waals surface area (Å²) in [5, 5.41) is 10.8. The fourth-order valence-corrected chi connectivity index (χ4v) is 4.60. The van der Waals surface area contributed by atoms with E-state index in [0.717, 1.165) is 29.9 Å². The smallest absolute Gasteiger partial charge is 0.294 e. The van der Waals surface area contributed by atoms with Gasteiger partial charge < -0.3 is 14.4 Å². The van der Waals surface area contributed by atoms with E-state index in [4.69, 9.17) is 4.42 Å². The SMILES string of the molecule is Cc1cccc(C2C(C(=O)c3ccco3)=C(O)C(=O)N2c2ccc(N3CCCC3)cc2)c1. The first-order valence-corrected chi connectivity index (χ1v) is 10.8. The number of benzene rings is 2. The zero-order valence-corrected chi connectivity index (χ0v) is 17.8. The first-order chi connectivity index (χ1) is 15.5. The number of ketones is 1. The second-order valence-corrected chi connectivity index (χ2v) is 8.27. The third-order valence-corrected chi connectivity index (χ3v) is 6.15. The van der Waals surface area contributed by atoms with Crippen LogP contribution in [0.2, 0.25) is 0 Å². The lowest BCUT2D eigenvalue weighted by atomic mass is 9.94. The van der Waals surface area contributed by atoms with Crippen molar-refractivity contribution in [3.8, 4) is 0 Å². The van der Waals surface area contributed by atoms with Crippen LogP contribution in [-0.2, 0) is 4.79 Å². The molecule has 0 radical (unpaired) electrons. The van der Waals surface area contributed by atoms with Crippen molar-refractivity contribution in [2.45, 2.75) is 25.8 Å². The maximum absolute atomic E-state index is 13.2. The van der Waals surface area contributed by atoms with Crippen molar-refractivity contribution in [2.24, 2.45) is 0 Å². The van der Waals surface area contributed by atoms with Gasteiger partial charge in [-0.15, -0.1) is 0 Å². The molecule has 1 amide bonds. The predicted octanol–water partition coefficient (Wildman–Crippen LogP) is 4.97. The highest BCUT2D eigenvalue weighted by atomic mass is 16.3. The lowest BCUT2D eigenvalue weighted by molar-refractivity contribution is -0.117. The minimum atomic E-state index is -0.752. The quantitative estimate of drug-likeness (QED) is 0.581. The van der Waals surface area contributed by atoms with E-state index in [0.29, 0.717) is 5.69 Å². The summed E-state index contributed by atoms with van der Waals surface area (Å²) in [7, 11) is 0. The molecule has 0 saturated carbocycles. The Morgan fingerprint density at radius 1 is 1.00 bits per heavy atom. The lowest BCUT2D eigenvalue weighted by Gasteiger charge is -2.27. The Balaban J connectivity index is 1.58. The molecule has 1 aromatic heterocycles. The summed E-state index contributed by atoms with van der Waals surface area (Å²) in [5.41, 5.74) is 3.50. The summed E-state index contributed by atoms with van der Waals surface area (Å²) >= 11 is 0. The molecule has 1 atom stereocenters. The number of carbonyl (C=O) groups is 2. The standard InChI is InChI=1S/C26H24N2O4/c1-17-6-4-7-18(16-17)23-22(24(29)21-8-5-15-32-21)25(30)26(31)28(23)20-11-9-19(10-12-20)27-13-2-3-14-27/h4-12,15-16,23,30H,2-3,13-14H2,1H3. The minimum Gasteiger partial charge on any atom is -0.503 e.